The maximum absolute atomic E-state index is 12.3. The van der Waals surface area contributed by atoms with Crippen LogP contribution in [0.15, 0.2) is 78.9 Å². The molecule has 0 heterocycles. The predicted molar refractivity (Wildman–Crippen MR) is 129 cm³/mol. The van der Waals surface area contributed by atoms with Gasteiger partial charge in [0.15, 0.2) is 0 Å². The number of esters is 2. The van der Waals surface area contributed by atoms with Gasteiger partial charge in [-0.3, -0.25) is 0 Å². The molecule has 0 aliphatic carbocycles. The van der Waals surface area contributed by atoms with Gasteiger partial charge in [-0.05, 0) is 55.7 Å². The van der Waals surface area contributed by atoms with Crippen LogP contribution in [-0.4, -0.2) is 23.3 Å². The number of aliphatic hydroxyl groups is 1. The molecule has 33 heavy (non-hydrogen) atoms. The first-order valence-electron chi connectivity index (χ1n) is 10.3. The highest BCUT2D eigenvalue weighted by Gasteiger charge is 2.14. The molecule has 6 nitrogen and oxygen atoms in total. The van der Waals surface area contributed by atoms with Gasteiger partial charge in [-0.2, -0.15) is 0 Å². The van der Waals surface area contributed by atoms with Crippen molar-refractivity contribution in [1.82, 2.24) is 0 Å². The molecule has 0 aliphatic heterocycles. The molecule has 2 aromatic carbocycles. The zero-order valence-electron chi connectivity index (χ0n) is 19.1. The average Bonchev–Trinajstić information content (AvgIpc) is 2.78. The summed E-state index contributed by atoms with van der Waals surface area (Å²) in [4.78, 5) is 24.1. The first kappa shape index (κ1) is 25.4. The van der Waals surface area contributed by atoms with E-state index in [4.69, 9.17) is 14.2 Å². The third kappa shape index (κ3) is 7.63. The van der Waals surface area contributed by atoms with Crippen LogP contribution >= 0.6 is 0 Å². The van der Waals surface area contributed by atoms with Crippen molar-refractivity contribution in [3.63, 3.8) is 0 Å². The van der Waals surface area contributed by atoms with Crippen LogP contribution in [0.2, 0.25) is 0 Å². The van der Waals surface area contributed by atoms with Crippen LogP contribution < -0.4 is 14.2 Å². The minimum atomic E-state index is -1.07. The van der Waals surface area contributed by atoms with Gasteiger partial charge in [-0.1, -0.05) is 50.9 Å². The van der Waals surface area contributed by atoms with E-state index in [1.807, 2.05) is 18.2 Å². The van der Waals surface area contributed by atoms with Crippen LogP contribution in [0.4, 0.5) is 0 Å². The Morgan fingerprint density at radius 3 is 2.15 bits per heavy atom. The minimum absolute atomic E-state index is 0.224. The van der Waals surface area contributed by atoms with Gasteiger partial charge in [0.25, 0.3) is 0 Å². The summed E-state index contributed by atoms with van der Waals surface area (Å²) in [6.45, 7) is 15.9. The molecule has 0 spiro atoms. The molecule has 0 saturated heterocycles. The zero-order chi connectivity index (χ0) is 24.5. The maximum Gasteiger partial charge on any atom is 0.338 e. The number of carbonyl (C=O) groups is 2. The Morgan fingerprint density at radius 2 is 1.58 bits per heavy atom. The molecule has 0 saturated carbocycles. The van der Waals surface area contributed by atoms with Crippen molar-refractivity contribution in [2.75, 3.05) is 0 Å². The van der Waals surface area contributed by atoms with Gasteiger partial charge in [0.05, 0.1) is 0 Å². The first-order valence-corrected chi connectivity index (χ1v) is 10.3. The number of rotatable bonds is 10. The summed E-state index contributed by atoms with van der Waals surface area (Å²) in [5.74, 6) is -0.190. The van der Waals surface area contributed by atoms with Gasteiger partial charge in [0.1, 0.15) is 17.2 Å². The number of carbonyl (C=O) groups excluding carboxylic acids is 2. The molecule has 172 valence electrons. The normalized spacial score (nSPS) is 11.5. The van der Waals surface area contributed by atoms with Gasteiger partial charge in [0.2, 0.25) is 6.29 Å². The number of hydrogen-bond donors (Lipinski definition) is 1. The topological polar surface area (TPSA) is 82.1 Å². The molecule has 0 amide bonds. The maximum atomic E-state index is 12.3. The second-order valence-corrected chi connectivity index (χ2v) is 7.44. The highest BCUT2D eigenvalue weighted by molar-refractivity contribution is 5.91. The Hall–Kier alpha value is -3.90. The molecule has 1 N–H and O–H groups in total. The highest BCUT2D eigenvalue weighted by atomic mass is 16.6. The van der Waals surface area contributed by atoms with Crippen molar-refractivity contribution in [2.24, 2.45) is 0 Å². The monoisotopic (exact) mass is 448 g/mol. The molecular weight excluding hydrogens is 420 g/mol. The lowest BCUT2D eigenvalue weighted by atomic mass is 10.1. The van der Waals surface area contributed by atoms with Gasteiger partial charge < -0.3 is 19.3 Å². The Bertz CT molecular complexity index is 1090. The lowest BCUT2D eigenvalue weighted by Crippen LogP contribution is -2.15. The van der Waals surface area contributed by atoms with Crippen molar-refractivity contribution in [3.05, 3.63) is 90.0 Å². The van der Waals surface area contributed by atoms with Crippen molar-refractivity contribution >= 4 is 24.1 Å². The Kier molecular flexibility index (Phi) is 8.95. The summed E-state index contributed by atoms with van der Waals surface area (Å²) in [6, 6.07) is 11.8. The van der Waals surface area contributed by atoms with Gasteiger partial charge in [-0.15, -0.1) is 0 Å². The molecule has 2 aromatic rings. The van der Waals surface area contributed by atoms with E-state index in [0.29, 0.717) is 28.9 Å². The third-order valence-corrected chi connectivity index (χ3v) is 4.47. The quantitative estimate of drug-likeness (QED) is 0.129. The van der Waals surface area contributed by atoms with Crippen molar-refractivity contribution < 1.29 is 28.9 Å². The van der Waals surface area contributed by atoms with Crippen LogP contribution in [0.5, 0.6) is 17.2 Å². The van der Waals surface area contributed by atoms with Gasteiger partial charge in [-0.25, -0.2) is 9.59 Å². The third-order valence-electron chi connectivity index (χ3n) is 4.47. The summed E-state index contributed by atoms with van der Waals surface area (Å²) >= 11 is 0. The Morgan fingerprint density at radius 1 is 0.939 bits per heavy atom. The van der Waals surface area contributed by atoms with E-state index >= 15 is 0 Å². The zero-order valence-corrected chi connectivity index (χ0v) is 19.1. The number of hydrogen-bond acceptors (Lipinski definition) is 6. The van der Waals surface area contributed by atoms with E-state index in [9.17, 15) is 14.7 Å². The fourth-order valence-electron chi connectivity index (χ4n) is 2.39. The predicted octanol–water partition coefficient (Wildman–Crippen LogP) is 5.48. The van der Waals surface area contributed by atoms with E-state index in [0.717, 1.165) is 5.56 Å². The molecule has 0 radical (unpaired) electrons. The average molecular weight is 449 g/mol. The second-order valence-electron chi connectivity index (χ2n) is 7.44. The van der Waals surface area contributed by atoms with Crippen molar-refractivity contribution in [2.45, 2.75) is 33.5 Å². The number of benzene rings is 2. The van der Waals surface area contributed by atoms with Crippen LogP contribution in [0.1, 0.15) is 38.3 Å². The molecule has 0 aromatic heterocycles. The molecule has 6 heteroatoms. The first-order chi connectivity index (χ1) is 15.6. The van der Waals surface area contributed by atoms with Gasteiger partial charge in [0, 0.05) is 22.8 Å². The summed E-state index contributed by atoms with van der Waals surface area (Å²) in [6.07, 6.45) is 2.96. The van der Waals surface area contributed by atoms with Gasteiger partial charge >= 0.3 is 11.9 Å². The second kappa shape index (κ2) is 11.6. The Labute approximate surface area is 194 Å². The highest BCUT2D eigenvalue weighted by Crippen LogP contribution is 2.28. The van der Waals surface area contributed by atoms with E-state index in [-0.39, 0.29) is 17.1 Å². The largest absolute Gasteiger partial charge is 0.461 e. The molecule has 1 unspecified atom stereocenters. The fourth-order valence-corrected chi connectivity index (χ4v) is 2.39. The molecule has 0 fully saturated rings. The Balaban J connectivity index is 2.27. The van der Waals surface area contributed by atoms with Crippen molar-refractivity contribution in [3.8, 4) is 17.2 Å². The summed E-state index contributed by atoms with van der Waals surface area (Å²) in [7, 11) is 0. The van der Waals surface area contributed by atoms with Crippen molar-refractivity contribution in [1.29, 1.82) is 0 Å². The molecule has 1 atom stereocenters. The molecule has 0 bridgehead atoms. The van der Waals surface area contributed by atoms with Crippen LogP contribution in [0, 0.1) is 0 Å². The van der Waals surface area contributed by atoms with Crippen LogP contribution in [0.25, 0.3) is 12.2 Å². The lowest BCUT2D eigenvalue weighted by Gasteiger charge is -2.13. The fraction of sp³-hybridized carbons (Fsp3) is 0.185. The molecule has 0 aliphatic rings. The number of aliphatic hydroxyl groups excluding tert-OH is 1. The molecule has 2 rings (SSSR count). The lowest BCUT2D eigenvalue weighted by molar-refractivity contribution is -0.130. The van der Waals surface area contributed by atoms with E-state index in [1.165, 1.54) is 6.07 Å². The van der Waals surface area contributed by atoms with E-state index in [1.54, 1.807) is 51.1 Å². The smallest absolute Gasteiger partial charge is 0.338 e. The van der Waals surface area contributed by atoms with E-state index in [2.05, 4.69) is 19.7 Å². The minimum Gasteiger partial charge on any atom is -0.461 e. The summed E-state index contributed by atoms with van der Waals surface area (Å²) in [5.41, 5.74) is 2.52. The van der Waals surface area contributed by atoms with Crippen LogP contribution in [0.3, 0.4) is 0 Å². The number of ether oxygens (including phenoxy) is 3. The standard InChI is InChI=1S/C27H28O6/c1-7-19(6)27(30)33-24-16-23(32-26(29)18(4)5)15-12-21(24)11-8-20-9-13-22(14-10-20)31-25(28)17(2)3/h8-16,25,28H,2,4,6-7H2,1,3,5H3/b11-8+. The summed E-state index contributed by atoms with van der Waals surface area (Å²) in [5, 5.41) is 9.75. The molecular formula is C27H28O6. The van der Waals surface area contributed by atoms with E-state index < -0.39 is 18.2 Å². The SMILES string of the molecule is C=C(C)C(=O)Oc1ccc(/C=C/c2ccc(OC(O)C(=C)C)cc2)c(OC(=O)C(=C)CC)c1. The van der Waals surface area contributed by atoms with Crippen LogP contribution in [-0.2, 0) is 9.59 Å². The summed E-state index contributed by atoms with van der Waals surface area (Å²) < 4.78 is 16.1.